The Bertz CT molecular complexity index is 405. The third-order valence-corrected chi connectivity index (χ3v) is 2.42. The van der Waals surface area contributed by atoms with Crippen LogP contribution in [-0.2, 0) is 16.1 Å². The number of ether oxygens (including phenoxy) is 3. The van der Waals surface area contributed by atoms with Crippen LogP contribution in [0.15, 0.2) is 18.2 Å². The second-order valence-electron chi connectivity index (χ2n) is 3.70. The van der Waals surface area contributed by atoms with E-state index in [1.54, 1.807) is 7.05 Å². The van der Waals surface area contributed by atoms with Crippen molar-refractivity contribution >= 4 is 5.97 Å². The second-order valence-corrected chi connectivity index (χ2v) is 3.70. The van der Waals surface area contributed by atoms with Gasteiger partial charge in [0.1, 0.15) is 6.61 Å². The summed E-state index contributed by atoms with van der Waals surface area (Å²) in [5.74, 6) is 1.22. The number of rotatable bonds is 5. The third kappa shape index (κ3) is 3.10. The molecule has 0 aromatic heterocycles. The molecule has 0 atom stereocenters. The first-order chi connectivity index (χ1) is 8.29. The van der Waals surface area contributed by atoms with Gasteiger partial charge in [-0.15, -0.1) is 0 Å². The van der Waals surface area contributed by atoms with E-state index < -0.39 is 0 Å². The summed E-state index contributed by atoms with van der Waals surface area (Å²) in [6.07, 6.45) is 0.376. The van der Waals surface area contributed by atoms with Crippen LogP contribution in [0.2, 0.25) is 0 Å². The Balaban J connectivity index is 1.85. The van der Waals surface area contributed by atoms with Crippen LogP contribution >= 0.6 is 0 Å². The van der Waals surface area contributed by atoms with E-state index in [0.29, 0.717) is 18.7 Å². The number of fused-ring (bicyclic) bond motifs is 1. The quantitative estimate of drug-likeness (QED) is 0.776. The number of benzene rings is 1. The number of hydrogen-bond acceptors (Lipinski definition) is 5. The first-order valence-electron chi connectivity index (χ1n) is 5.48. The SMILES string of the molecule is CNCCC(=O)OCc1ccc2c(c1)OCO2. The molecule has 5 heteroatoms. The highest BCUT2D eigenvalue weighted by atomic mass is 16.7. The van der Waals surface area contributed by atoms with E-state index in [4.69, 9.17) is 14.2 Å². The van der Waals surface area contributed by atoms with Crippen molar-refractivity contribution in [3.63, 3.8) is 0 Å². The zero-order valence-corrected chi connectivity index (χ0v) is 9.69. The van der Waals surface area contributed by atoms with Gasteiger partial charge in [0, 0.05) is 6.54 Å². The molecule has 0 bridgehead atoms. The zero-order chi connectivity index (χ0) is 12.1. The number of carbonyl (C=O) groups excluding carboxylic acids is 1. The number of esters is 1. The lowest BCUT2D eigenvalue weighted by Gasteiger charge is -2.05. The number of carbonyl (C=O) groups is 1. The smallest absolute Gasteiger partial charge is 0.307 e. The van der Waals surface area contributed by atoms with E-state index in [9.17, 15) is 4.79 Å². The van der Waals surface area contributed by atoms with Crippen molar-refractivity contribution in [1.29, 1.82) is 0 Å². The summed E-state index contributed by atoms with van der Waals surface area (Å²) in [5.41, 5.74) is 0.895. The van der Waals surface area contributed by atoms with E-state index in [0.717, 1.165) is 11.3 Å². The van der Waals surface area contributed by atoms with E-state index >= 15 is 0 Å². The molecule has 17 heavy (non-hydrogen) atoms. The van der Waals surface area contributed by atoms with Crippen LogP contribution < -0.4 is 14.8 Å². The molecule has 5 nitrogen and oxygen atoms in total. The maximum atomic E-state index is 11.3. The molecule has 2 rings (SSSR count). The molecule has 1 aliphatic heterocycles. The summed E-state index contributed by atoms with van der Waals surface area (Å²) >= 11 is 0. The molecule has 0 unspecified atom stereocenters. The topological polar surface area (TPSA) is 56.8 Å². The minimum atomic E-state index is -0.211. The van der Waals surface area contributed by atoms with Crippen LogP contribution in [0, 0.1) is 0 Å². The molecule has 0 fully saturated rings. The highest BCUT2D eigenvalue weighted by molar-refractivity contribution is 5.69. The van der Waals surface area contributed by atoms with E-state index in [1.165, 1.54) is 0 Å². The van der Waals surface area contributed by atoms with Gasteiger partial charge in [-0.25, -0.2) is 0 Å². The molecule has 0 radical (unpaired) electrons. The number of hydrogen-bond donors (Lipinski definition) is 1. The fourth-order valence-electron chi connectivity index (χ4n) is 1.49. The Morgan fingerprint density at radius 3 is 3.06 bits per heavy atom. The molecular formula is C12H15NO4. The molecular weight excluding hydrogens is 222 g/mol. The van der Waals surface area contributed by atoms with Gasteiger partial charge in [-0.2, -0.15) is 0 Å². The van der Waals surface area contributed by atoms with Gasteiger partial charge < -0.3 is 19.5 Å². The molecule has 0 saturated carbocycles. The average Bonchev–Trinajstić information content (AvgIpc) is 2.81. The lowest BCUT2D eigenvalue weighted by molar-refractivity contribution is -0.144. The van der Waals surface area contributed by atoms with Crippen molar-refractivity contribution in [3.05, 3.63) is 23.8 Å². The molecule has 0 aliphatic carbocycles. The monoisotopic (exact) mass is 237 g/mol. The van der Waals surface area contributed by atoms with Gasteiger partial charge in [0.2, 0.25) is 6.79 Å². The van der Waals surface area contributed by atoms with Gasteiger partial charge in [0.25, 0.3) is 0 Å². The fraction of sp³-hybridized carbons (Fsp3) is 0.417. The lowest BCUT2D eigenvalue weighted by atomic mass is 10.2. The van der Waals surface area contributed by atoms with Gasteiger partial charge >= 0.3 is 5.97 Å². The third-order valence-electron chi connectivity index (χ3n) is 2.42. The lowest BCUT2D eigenvalue weighted by Crippen LogP contribution is -2.14. The standard InChI is InChI=1S/C12H15NO4/c1-13-5-4-12(14)15-7-9-2-3-10-11(6-9)17-8-16-10/h2-3,6,13H,4-5,7-8H2,1H3. The van der Waals surface area contributed by atoms with E-state index in [-0.39, 0.29) is 19.4 Å². The van der Waals surface area contributed by atoms with E-state index in [2.05, 4.69) is 5.32 Å². The Morgan fingerprint density at radius 1 is 1.41 bits per heavy atom. The van der Waals surface area contributed by atoms with Gasteiger partial charge in [-0.1, -0.05) is 6.07 Å². The molecule has 1 aromatic carbocycles. The Labute approximate surface area is 99.7 Å². The van der Waals surface area contributed by atoms with Crippen molar-refractivity contribution in [2.75, 3.05) is 20.4 Å². The summed E-state index contributed by atoms with van der Waals surface area (Å²) in [5, 5.41) is 2.89. The van der Waals surface area contributed by atoms with Crippen molar-refractivity contribution in [2.24, 2.45) is 0 Å². The molecule has 0 amide bonds. The maximum Gasteiger partial charge on any atom is 0.307 e. The normalized spacial score (nSPS) is 12.5. The molecule has 0 spiro atoms. The van der Waals surface area contributed by atoms with Crippen molar-refractivity contribution in [1.82, 2.24) is 5.32 Å². The molecule has 1 N–H and O–H groups in total. The highest BCUT2D eigenvalue weighted by Crippen LogP contribution is 2.32. The summed E-state index contributed by atoms with van der Waals surface area (Å²) in [6, 6.07) is 5.51. The van der Waals surface area contributed by atoms with Gasteiger partial charge in [-0.3, -0.25) is 4.79 Å². The highest BCUT2D eigenvalue weighted by Gasteiger charge is 2.13. The zero-order valence-electron chi connectivity index (χ0n) is 9.69. The predicted molar refractivity (Wildman–Crippen MR) is 60.9 cm³/mol. The number of nitrogens with one attached hydrogen (secondary N) is 1. The van der Waals surface area contributed by atoms with E-state index in [1.807, 2.05) is 18.2 Å². The van der Waals surface area contributed by atoms with Crippen LogP contribution in [0.3, 0.4) is 0 Å². The maximum absolute atomic E-state index is 11.3. The van der Waals surface area contributed by atoms with Crippen LogP contribution in [-0.4, -0.2) is 26.4 Å². The largest absolute Gasteiger partial charge is 0.461 e. The Kier molecular flexibility index (Phi) is 3.82. The summed E-state index contributed by atoms with van der Waals surface area (Å²) in [4.78, 5) is 11.3. The Morgan fingerprint density at radius 2 is 2.24 bits per heavy atom. The minimum Gasteiger partial charge on any atom is -0.461 e. The van der Waals surface area contributed by atoms with Crippen molar-refractivity contribution in [2.45, 2.75) is 13.0 Å². The summed E-state index contributed by atoms with van der Waals surface area (Å²) < 4.78 is 15.5. The van der Waals surface area contributed by atoms with Crippen LogP contribution in [0.4, 0.5) is 0 Å². The summed E-state index contributed by atoms with van der Waals surface area (Å²) in [7, 11) is 1.80. The van der Waals surface area contributed by atoms with Crippen LogP contribution in [0.25, 0.3) is 0 Å². The van der Waals surface area contributed by atoms with Crippen molar-refractivity contribution in [3.8, 4) is 11.5 Å². The summed E-state index contributed by atoms with van der Waals surface area (Å²) in [6.45, 7) is 1.14. The molecule has 1 heterocycles. The minimum absolute atomic E-state index is 0.211. The van der Waals surface area contributed by atoms with Crippen LogP contribution in [0.1, 0.15) is 12.0 Å². The van der Waals surface area contributed by atoms with Gasteiger partial charge in [-0.05, 0) is 24.7 Å². The predicted octanol–water partition coefficient (Wildman–Crippen LogP) is 1.07. The Hall–Kier alpha value is -1.75. The average molecular weight is 237 g/mol. The second kappa shape index (κ2) is 5.54. The van der Waals surface area contributed by atoms with Gasteiger partial charge in [0.05, 0.1) is 6.42 Å². The first-order valence-corrected chi connectivity index (χ1v) is 5.48. The first kappa shape index (κ1) is 11.7. The van der Waals surface area contributed by atoms with Crippen LogP contribution in [0.5, 0.6) is 11.5 Å². The fourth-order valence-corrected chi connectivity index (χ4v) is 1.49. The van der Waals surface area contributed by atoms with Crippen molar-refractivity contribution < 1.29 is 19.0 Å². The molecule has 92 valence electrons. The molecule has 1 aromatic rings. The molecule has 0 saturated heterocycles. The van der Waals surface area contributed by atoms with Gasteiger partial charge in [0.15, 0.2) is 11.5 Å². The molecule has 1 aliphatic rings.